The van der Waals surface area contributed by atoms with E-state index in [1.165, 1.54) is 18.2 Å². The number of anilines is 1. The van der Waals surface area contributed by atoms with E-state index >= 15 is 0 Å². The van der Waals surface area contributed by atoms with Crippen LogP contribution in [0.15, 0.2) is 46.9 Å². The molecule has 2 aromatic rings. The Hall–Kier alpha value is -1.42. The minimum absolute atomic E-state index is 0.0266. The lowest BCUT2D eigenvalue weighted by Gasteiger charge is -2.21. The van der Waals surface area contributed by atoms with E-state index in [2.05, 4.69) is 28.2 Å². The molecule has 0 heterocycles. The quantitative estimate of drug-likeness (QED) is 0.664. The van der Waals surface area contributed by atoms with Gasteiger partial charge in [-0.25, -0.2) is 8.78 Å². The van der Waals surface area contributed by atoms with Gasteiger partial charge < -0.3 is 5.32 Å². The first-order valence-electron chi connectivity index (χ1n) is 7.07. The van der Waals surface area contributed by atoms with Gasteiger partial charge in [-0.1, -0.05) is 47.8 Å². The van der Waals surface area contributed by atoms with Crippen LogP contribution in [-0.4, -0.2) is 0 Å². The van der Waals surface area contributed by atoms with Gasteiger partial charge in [0.25, 0.3) is 0 Å². The molecule has 112 valence electrons. The molecular weight excluding hydrogens is 336 g/mol. The second-order valence-electron chi connectivity index (χ2n) is 5.01. The van der Waals surface area contributed by atoms with Crippen molar-refractivity contribution in [2.75, 3.05) is 5.32 Å². The van der Waals surface area contributed by atoms with Crippen LogP contribution >= 0.6 is 15.9 Å². The molecule has 21 heavy (non-hydrogen) atoms. The molecule has 0 radical (unpaired) electrons. The largest absolute Gasteiger partial charge is 0.376 e. The molecule has 1 unspecified atom stereocenters. The highest BCUT2D eigenvalue weighted by Crippen LogP contribution is 2.27. The van der Waals surface area contributed by atoms with Crippen LogP contribution in [0.25, 0.3) is 0 Å². The maximum atomic E-state index is 14.0. The summed E-state index contributed by atoms with van der Waals surface area (Å²) in [6.07, 6.45) is 2.95. The maximum absolute atomic E-state index is 14.0. The van der Waals surface area contributed by atoms with Gasteiger partial charge in [-0.3, -0.25) is 0 Å². The number of nitrogens with one attached hydrogen (secondary N) is 1. The highest BCUT2D eigenvalue weighted by Gasteiger charge is 2.13. The molecule has 2 rings (SSSR count). The van der Waals surface area contributed by atoms with Gasteiger partial charge in [0.2, 0.25) is 0 Å². The molecule has 2 aromatic carbocycles. The van der Waals surface area contributed by atoms with Crippen LogP contribution < -0.4 is 5.32 Å². The van der Waals surface area contributed by atoms with Crippen LogP contribution in [-0.2, 0) is 0 Å². The Morgan fingerprint density at radius 3 is 2.43 bits per heavy atom. The minimum atomic E-state index is -0.298. The monoisotopic (exact) mass is 353 g/mol. The molecule has 1 nitrogen and oxygen atoms in total. The van der Waals surface area contributed by atoms with Crippen LogP contribution in [0.2, 0.25) is 0 Å². The average molecular weight is 354 g/mol. The first kappa shape index (κ1) is 16.0. The van der Waals surface area contributed by atoms with E-state index in [1.807, 2.05) is 0 Å². The molecule has 1 N–H and O–H groups in total. The van der Waals surface area contributed by atoms with E-state index in [0.717, 1.165) is 24.8 Å². The first-order valence-corrected chi connectivity index (χ1v) is 7.86. The summed E-state index contributed by atoms with van der Waals surface area (Å²) in [4.78, 5) is 0. The number of benzene rings is 2. The third-order valence-electron chi connectivity index (χ3n) is 3.38. The molecule has 4 heteroatoms. The van der Waals surface area contributed by atoms with E-state index in [4.69, 9.17) is 0 Å². The minimum Gasteiger partial charge on any atom is -0.376 e. The van der Waals surface area contributed by atoms with Gasteiger partial charge in [0.15, 0.2) is 0 Å². The number of hydrogen-bond acceptors (Lipinski definition) is 1. The number of rotatable bonds is 6. The molecule has 0 aliphatic carbocycles. The summed E-state index contributed by atoms with van der Waals surface area (Å²) in [6, 6.07) is 11.3. The van der Waals surface area contributed by atoms with Gasteiger partial charge in [0.1, 0.15) is 11.6 Å². The summed E-state index contributed by atoms with van der Waals surface area (Å²) >= 11 is 3.25. The van der Waals surface area contributed by atoms with Crippen LogP contribution in [0.4, 0.5) is 14.5 Å². The highest BCUT2D eigenvalue weighted by atomic mass is 79.9. The molecule has 0 saturated heterocycles. The van der Waals surface area contributed by atoms with Gasteiger partial charge in [-0.15, -0.1) is 0 Å². The Bertz CT molecular complexity index is 584. The summed E-state index contributed by atoms with van der Waals surface area (Å²) in [7, 11) is 0. The van der Waals surface area contributed by atoms with Gasteiger partial charge in [-0.2, -0.15) is 0 Å². The molecule has 0 spiro atoms. The average Bonchev–Trinajstić information content (AvgIpc) is 2.46. The molecular formula is C17H18BrF2N. The molecule has 0 bridgehead atoms. The maximum Gasteiger partial charge on any atom is 0.147 e. The Kier molecular flexibility index (Phi) is 5.74. The zero-order chi connectivity index (χ0) is 15.2. The molecule has 1 atom stereocenters. The number of hydrogen-bond donors (Lipinski definition) is 1. The predicted octanol–water partition coefficient (Wildman–Crippen LogP) is 6.07. The van der Waals surface area contributed by atoms with Crippen molar-refractivity contribution >= 4 is 21.6 Å². The van der Waals surface area contributed by atoms with Crippen molar-refractivity contribution in [1.29, 1.82) is 0 Å². The lowest BCUT2D eigenvalue weighted by Crippen LogP contribution is -2.12. The van der Waals surface area contributed by atoms with E-state index in [0.29, 0.717) is 10.2 Å². The zero-order valence-corrected chi connectivity index (χ0v) is 13.5. The van der Waals surface area contributed by atoms with Crippen LogP contribution in [0, 0.1) is 11.6 Å². The molecule has 0 aliphatic rings. The standard InChI is InChI=1S/C17H18BrF2N/c1-2-3-4-16(12-5-8-14(19)9-6-12)21-17-10-7-13(18)11-15(17)20/h5-11,16,21H,2-4H2,1H3. The van der Waals surface area contributed by atoms with Crippen molar-refractivity contribution in [2.24, 2.45) is 0 Å². The molecule has 0 aromatic heterocycles. The van der Waals surface area contributed by atoms with E-state index in [1.54, 1.807) is 24.3 Å². The van der Waals surface area contributed by atoms with Gasteiger partial charge in [-0.05, 0) is 42.3 Å². The lowest BCUT2D eigenvalue weighted by atomic mass is 10.0. The van der Waals surface area contributed by atoms with Crippen LogP contribution in [0.1, 0.15) is 37.8 Å². The second-order valence-corrected chi connectivity index (χ2v) is 5.93. The first-order chi connectivity index (χ1) is 10.1. The van der Waals surface area contributed by atoms with Crippen molar-refractivity contribution in [3.8, 4) is 0 Å². The molecule has 0 saturated carbocycles. The van der Waals surface area contributed by atoms with E-state index in [9.17, 15) is 8.78 Å². The van der Waals surface area contributed by atoms with Crippen molar-refractivity contribution in [3.63, 3.8) is 0 Å². The topological polar surface area (TPSA) is 12.0 Å². The van der Waals surface area contributed by atoms with Crippen molar-refractivity contribution < 1.29 is 8.78 Å². The third-order valence-corrected chi connectivity index (χ3v) is 3.87. The summed E-state index contributed by atoms with van der Waals surface area (Å²) in [6.45, 7) is 2.11. The highest BCUT2D eigenvalue weighted by molar-refractivity contribution is 9.10. The van der Waals surface area contributed by atoms with Gasteiger partial charge >= 0.3 is 0 Å². The summed E-state index contributed by atoms with van der Waals surface area (Å²) in [5.41, 5.74) is 1.43. The number of unbranched alkanes of at least 4 members (excludes halogenated alkanes) is 1. The molecule has 0 fully saturated rings. The van der Waals surface area contributed by atoms with E-state index in [-0.39, 0.29) is 17.7 Å². The molecule has 0 aliphatic heterocycles. The van der Waals surface area contributed by atoms with Crippen molar-refractivity contribution in [1.82, 2.24) is 0 Å². The zero-order valence-electron chi connectivity index (χ0n) is 11.9. The Morgan fingerprint density at radius 2 is 1.81 bits per heavy atom. The Morgan fingerprint density at radius 1 is 1.10 bits per heavy atom. The van der Waals surface area contributed by atoms with Crippen LogP contribution in [0.5, 0.6) is 0 Å². The van der Waals surface area contributed by atoms with Gasteiger partial charge in [0.05, 0.1) is 11.7 Å². The van der Waals surface area contributed by atoms with Crippen molar-refractivity contribution in [2.45, 2.75) is 32.2 Å². The second kappa shape index (κ2) is 7.55. The smallest absolute Gasteiger partial charge is 0.147 e. The summed E-state index contributed by atoms with van der Waals surface area (Å²) in [5, 5.41) is 3.23. The van der Waals surface area contributed by atoms with Crippen molar-refractivity contribution in [3.05, 3.63) is 64.1 Å². The fourth-order valence-electron chi connectivity index (χ4n) is 2.22. The Labute approximate surface area is 132 Å². The van der Waals surface area contributed by atoms with Crippen LogP contribution in [0.3, 0.4) is 0 Å². The lowest BCUT2D eigenvalue weighted by molar-refractivity contribution is 0.602. The normalized spacial score (nSPS) is 12.2. The van der Waals surface area contributed by atoms with E-state index < -0.39 is 0 Å². The van der Waals surface area contributed by atoms with Gasteiger partial charge in [0, 0.05) is 4.47 Å². The SMILES string of the molecule is CCCCC(Nc1ccc(Br)cc1F)c1ccc(F)cc1. The summed E-state index contributed by atoms with van der Waals surface area (Å²) < 4.78 is 27.7. The Balaban J connectivity index is 2.21. The third kappa shape index (κ3) is 4.53. The molecule has 0 amide bonds. The fourth-order valence-corrected chi connectivity index (χ4v) is 2.55. The summed E-state index contributed by atoms with van der Waals surface area (Å²) in [5.74, 6) is -0.559. The number of halogens is 3. The predicted molar refractivity (Wildman–Crippen MR) is 86.4 cm³/mol. The fraction of sp³-hybridized carbons (Fsp3) is 0.294.